The molecule has 2 atom stereocenters. The third-order valence-corrected chi connectivity index (χ3v) is 6.22. The van der Waals surface area contributed by atoms with Crippen molar-refractivity contribution in [2.45, 2.75) is 43.8 Å². The van der Waals surface area contributed by atoms with Gasteiger partial charge in [0, 0.05) is 24.8 Å². The number of aromatic carboxylic acids is 1. The van der Waals surface area contributed by atoms with Crippen molar-refractivity contribution >= 4 is 11.7 Å². The second-order valence-electron chi connectivity index (χ2n) is 8.53. The molecule has 31 heavy (non-hydrogen) atoms. The number of ether oxygens (including phenoxy) is 1. The topological polar surface area (TPSA) is 49.8 Å². The van der Waals surface area contributed by atoms with Crippen molar-refractivity contribution in [2.24, 2.45) is 5.92 Å². The molecule has 1 saturated carbocycles. The monoisotopic (exact) mass is 433 g/mol. The number of nitrogens with zero attached hydrogens (tertiary/aromatic N) is 1. The fourth-order valence-electron chi connectivity index (χ4n) is 4.18. The van der Waals surface area contributed by atoms with Gasteiger partial charge in [0.1, 0.15) is 0 Å². The molecule has 4 nitrogen and oxygen atoms in total. The molecule has 0 aromatic heterocycles. The van der Waals surface area contributed by atoms with Gasteiger partial charge in [-0.25, -0.2) is 4.79 Å². The molecule has 0 radical (unpaired) electrons. The Morgan fingerprint density at radius 3 is 2.23 bits per heavy atom. The minimum absolute atomic E-state index is 0.0983. The maximum atomic E-state index is 12.9. The van der Waals surface area contributed by atoms with E-state index in [2.05, 4.69) is 4.90 Å². The number of carboxylic acids is 1. The van der Waals surface area contributed by atoms with Gasteiger partial charge in [-0.1, -0.05) is 12.1 Å². The summed E-state index contributed by atoms with van der Waals surface area (Å²) in [7, 11) is 0. The lowest BCUT2D eigenvalue weighted by atomic mass is 9.86. The molecule has 0 amide bonds. The number of halogens is 3. The van der Waals surface area contributed by atoms with Crippen LogP contribution in [0.1, 0.15) is 53.1 Å². The van der Waals surface area contributed by atoms with Crippen LogP contribution in [0, 0.1) is 5.92 Å². The number of piperidine rings is 1. The number of hydrogen-bond acceptors (Lipinski definition) is 3. The van der Waals surface area contributed by atoms with Crippen molar-refractivity contribution in [1.29, 1.82) is 0 Å². The largest absolute Gasteiger partial charge is 0.478 e. The van der Waals surface area contributed by atoms with Crippen molar-refractivity contribution in [2.75, 3.05) is 24.7 Å². The van der Waals surface area contributed by atoms with Gasteiger partial charge in [0.2, 0.25) is 0 Å². The van der Waals surface area contributed by atoms with Crippen LogP contribution in [0.25, 0.3) is 0 Å². The van der Waals surface area contributed by atoms with Gasteiger partial charge in [0.05, 0.1) is 23.8 Å². The maximum Gasteiger partial charge on any atom is 0.416 e. The predicted molar refractivity (Wildman–Crippen MR) is 111 cm³/mol. The van der Waals surface area contributed by atoms with Crippen LogP contribution in [0.3, 0.4) is 0 Å². The van der Waals surface area contributed by atoms with E-state index in [9.17, 15) is 18.0 Å². The molecule has 7 heteroatoms. The second-order valence-corrected chi connectivity index (χ2v) is 8.53. The highest BCUT2D eigenvalue weighted by Gasteiger charge is 2.33. The molecule has 0 spiro atoms. The summed E-state index contributed by atoms with van der Waals surface area (Å²) in [5.74, 6) is -0.204. The van der Waals surface area contributed by atoms with E-state index in [-0.39, 0.29) is 17.5 Å². The molecule has 1 aliphatic heterocycles. The zero-order valence-corrected chi connectivity index (χ0v) is 17.1. The SMILES string of the molecule is O=C(O)c1ccc(N2CC(c3ccc(C(F)(F)F)cc3)CC[C@H]2COCC2CC2)cc1. The Morgan fingerprint density at radius 2 is 1.65 bits per heavy atom. The number of rotatable bonds is 7. The van der Waals surface area contributed by atoms with E-state index < -0.39 is 17.7 Å². The molecule has 1 unspecified atom stereocenters. The molecule has 1 saturated heterocycles. The number of hydrogen-bond donors (Lipinski definition) is 1. The van der Waals surface area contributed by atoms with E-state index in [0.717, 1.165) is 42.8 Å². The van der Waals surface area contributed by atoms with Crippen molar-refractivity contribution in [3.8, 4) is 0 Å². The molecule has 2 aromatic rings. The summed E-state index contributed by atoms with van der Waals surface area (Å²) < 4.78 is 44.6. The first-order chi connectivity index (χ1) is 14.8. The predicted octanol–water partition coefficient (Wildman–Crippen LogP) is 5.58. The summed E-state index contributed by atoms with van der Waals surface area (Å²) in [6.07, 6.45) is -0.168. The van der Waals surface area contributed by atoms with Crippen LogP contribution in [0.4, 0.5) is 18.9 Å². The standard InChI is InChI=1S/C24H26F3NO3/c25-24(26,27)20-8-3-17(4-9-20)19-7-12-22(15-31-14-16-1-2-16)28(13-19)21-10-5-18(6-11-21)23(29)30/h3-6,8-11,16,19,22H,1-2,7,12-15H2,(H,29,30)/t19?,22-/m0/s1. The van der Waals surface area contributed by atoms with Crippen LogP contribution in [0.5, 0.6) is 0 Å². The van der Waals surface area contributed by atoms with Crippen LogP contribution in [-0.4, -0.2) is 36.9 Å². The Kier molecular flexibility index (Phi) is 6.23. The summed E-state index contributed by atoms with van der Waals surface area (Å²) in [6.45, 7) is 2.01. The summed E-state index contributed by atoms with van der Waals surface area (Å²) in [5.41, 5.74) is 1.38. The summed E-state index contributed by atoms with van der Waals surface area (Å²) >= 11 is 0. The highest BCUT2D eigenvalue weighted by atomic mass is 19.4. The molecule has 1 aliphatic carbocycles. The van der Waals surface area contributed by atoms with Crippen LogP contribution in [-0.2, 0) is 10.9 Å². The van der Waals surface area contributed by atoms with Gasteiger partial charge in [0.25, 0.3) is 0 Å². The summed E-state index contributed by atoms with van der Waals surface area (Å²) in [6, 6.07) is 12.4. The molecule has 1 heterocycles. The van der Waals surface area contributed by atoms with E-state index in [1.54, 1.807) is 36.4 Å². The van der Waals surface area contributed by atoms with Crippen molar-refractivity contribution < 1.29 is 27.8 Å². The number of benzene rings is 2. The third-order valence-electron chi connectivity index (χ3n) is 6.22. The molecule has 1 N–H and O–H groups in total. The zero-order chi connectivity index (χ0) is 22.0. The molecule has 166 valence electrons. The van der Waals surface area contributed by atoms with E-state index in [1.807, 2.05) is 0 Å². The molecule has 2 aromatic carbocycles. The van der Waals surface area contributed by atoms with Crippen molar-refractivity contribution in [1.82, 2.24) is 0 Å². The van der Waals surface area contributed by atoms with Gasteiger partial charge in [-0.3, -0.25) is 0 Å². The maximum absolute atomic E-state index is 12.9. The van der Waals surface area contributed by atoms with Gasteiger partial charge >= 0.3 is 12.1 Å². The summed E-state index contributed by atoms with van der Waals surface area (Å²) in [5, 5.41) is 9.17. The average molecular weight is 433 g/mol. The van der Waals surface area contributed by atoms with Crippen LogP contribution in [0.2, 0.25) is 0 Å². The fourth-order valence-corrected chi connectivity index (χ4v) is 4.18. The van der Waals surface area contributed by atoms with Gasteiger partial charge in [0.15, 0.2) is 0 Å². The molecule has 4 rings (SSSR count). The van der Waals surface area contributed by atoms with Crippen LogP contribution < -0.4 is 4.90 Å². The molecular weight excluding hydrogens is 407 g/mol. The van der Waals surface area contributed by atoms with Gasteiger partial charge in [-0.2, -0.15) is 13.2 Å². The molecule has 0 bridgehead atoms. The molecule has 2 aliphatic rings. The van der Waals surface area contributed by atoms with Gasteiger partial charge in [-0.15, -0.1) is 0 Å². The minimum Gasteiger partial charge on any atom is -0.478 e. The van der Waals surface area contributed by atoms with Gasteiger partial charge in [-0.05, 0) is 73.6 Å². The number of carbonyl (C=O) groups is 1. The Balaban J connectivity index is 1.51. The van der Waals surface area contributed by atoms with E-state index in [0.29, 0.717) is 19.1 Å². The lowest BCUT2D eigenvalue weighted by Crippen LogP contribution is -2.45. The number of alkyl halides is 3. The fraction of sp³-hybridized carbons (Fsp3) is 0.458. The lowest BCUT2D eigenvalue weighted by Gasteiger charge is -2.41. The first-order valence-corrected chi connectivity index (χ1v) is 10.7. The lowest BCUT2D eigenvalue weighted by molar-refractivity contribution is -0.137. The minimum atomic E-state index is -4.34. The zero-order valence-electron chi connectivity index (χ0n) is 17.1. The smallest absolute Gasteiger partial charge is 0.416 e. The van der Waals surface area contributed by atoms with Gasteiger partial charge < -0.3 is 14.7 Å². The highest BCUT2D eigenvalue weighted by molar-refractivity contribution is 5.88. The average Bonchev–Trinajstić information content (AvgIpc) is 3.58. The number of anilines is 1. The first kappa shape index (κ1) is 21.7. The van der Waals surface area contributed by atoms with E-state index in [4.69, 9.17) is 9.84 Å². The highest BCUT2D eigenvalue weighted by Crippen LogP contribution is 2.36. The Bertz CT molecular complexity index is 892. The Labute approximate surface area is 179 Å². The van der Waals surface area contributed by atoms with E-state index >= 15 is 0 Å². The number of carboxylic acid groups (broad SMARTS) is 1. The third kappa shape index (κ3) is 5.39. The van der Waals surface area contributed by atoms with Crippen LogP contribution in [0.15, 0.2) is 48.5 Å². The summed E-state index contributed by atoms with van der Waals surface area (Å²) in [4.78, 5) is 13.4. The first-order valence-electron chi connectivity index (χ1n) is 10.7. The normalized spacial score (nSPS) is 21.8. The second kappa shape index (κ2) is 8.91. The van der Waals surface area contributed by atoms with E-state index in [1.165, 1.54) is 12.8 Å². The molecule has 2 fully saturated rings. The quantitative estimate of drug-likeness (QED) is 0.619. The Morgan fingerprint density at radius 1 is 0.968 bits per heavy atom. The van der Waals surface area contributed by atoms with Crippen molar-refractivity contribution in [3.63, 3.8) is 0 Å². The van der Waals surface area contributed by atoms with Crippen molar-refractivity contribution in [3.05, 3.63) is 65.2 Å². The Hall–Kier alpha value is -2.54. The molecular formula is C24H26F3NO3. The van der Waals surface area contributed by atoms with Crippen LogP contribution >= 0.6 is 0 Å².